The Morgan fingerprint density at radius 3 is 2.11 bits per heavy atom. The predicted octanol–water partition coefficient (Wildman–Crippen LogP) is 5.96. The van der Waals surface area contributed by atoms with E-state index in [-0.39, 0.29) is 18.2 Å². The van der Waals surface area contributed by atoms with E-state index in [1.807, 2.05) is 31.2 Å². The van der Waals surface area contributed by atoms with Crippen LogP contribution in [0.2, 0.25) is 0 Å². The van der Waals surface area contributed by atoms with Gasteiger partial charge < -0.3 is 14.2 Å². The zero-order valence-corrected chi connectivity index (χ0v) is 16.7. The van der Waals surface area contributed by atoms with Crippen molar-refractivity contribution in [2.45, 2.75) is 59.2 Å². The van der Waals surface area contributed by atoms with Gasteiger partial charge in [0, 0.05) is 6.61 Å². The van der Waals surface area contributed by atoms with E-state index < -0.39 is 0 Å². The van der Waals surface area contributed by atoms with E-state index in [0.717, 1.165) is 37.2 Å². The Balaban J connectivity index is 1.92. The molecule has 2 rings (SSSR count). The number of benzene rings is 2. The molecular weight excluding hydrogens is 340 g/mol. The van der Waals surface area contributed by atoms with Crippen LogP contribution in [0.25, 0.3) is 0 Å². The molecule has 0 saturated carbocycles. The summed E-state index contributed by atoms with van der Waals surface area (Å²) in [7, 11) is 0. The molecule has 146 valence electrons. The molecule has 27 heavy (non-hydrogen) atoms. The van der Waals surface area contributed by atoms with Crippen LogP contribution in [-0.2, 0) is 4.74 Å². The minimum atomic E-state index is -0.378. The molecule has 0 fully saturated rings. The number of carbonyl (C=O) groups excluding carboxylic acids is 1. The average molecular weight is 370 g/mol. The van der Waals surface area contributed by atoms with Gasteiger partial charge in [-0.25, -0.2) is 4.79 Å². The van der Waals surface area contributed by atoms with Gasteiger partial charge in [-0.05, 0) is 68.7 Å². The molecule has 0 bridgehead atoms. The molecule has 0 aliphatic rings. The van der Waals surface area contributed by atoms with Gasteiger partial charge in [0.2, 0.25) is 0 Å². The Morgan fingerprint density at radius 2 is 1.52 bits per heavy atom. The third-order valence-corrected chi connectivity index (χ3v) is 4.25. The zero-order chi connectivity index (χ0) is 19.6. The highest BCUT2D eigenvalue weighted by Crippen LogP contribution is 2.22. The summed E-state index contributed by atoms with van der Waals surface area (Å²) in [6, 6.07) is 14.5. The summed E-state index contributed by atoms with van der Waals surface area (Å²) in [5, 5.41) is 0. The monoisotopic (exact) mass is 370 g/mol. The van der Waals surface area contributed by atoms with Crippen LogP contribution in [0.3, 0.4) is 0 Å². The highest BCUT2D eigenvalue weighted by Gasteiger charge is 2.11. The lowest BCUT2D eigenvalue weighted by Gasteiger charge is -2.14. The number of hydrogen-bond acceptors (Lipinski definition) is 4. The van der Waals surface area contributed by atoms with E-state index in [1.54, 1.807) is 24.3 Å². The number of esters is 1. The summed E-state index contributed by atoms with van der Waals surface area (Å²) in [6.45, 7) is 9.00. The molecule has 2 aromatic carbocycles. The maximum Gasteiger partial charge on any atom is 0.343 e. The van der Waals surface area contributed by atoms with E-state index in [1.165, 1.54) is 0 Å². The van der Waals surface area contributed by atoms with Crippen molar-refractivity contribution in [1.82, 2.24) is 0 Å². The second kappa shape index (κ2) is 10.7. The molecule has 2 unspecified atom stereocenters. The van der Waals surface area contributed by atoms with Gasteiger partial charge in [-0.1, -0.05) is 32.4 Å². The van der Waals surface area contributed by atoms with Gasteiger partial charge in [0.15, 0.2) is 0 Å². The molecule has 2 aromatic rings. The van der Waals surface area contributed by atoms with Crippen LogP contribution in [0.15, 0.2) is 48.5 Å². The molecule has 4 nitrogen and oxygen atoms in total. The standard InChI is InChI=1S/C23H30O4/c1-5-7-17(3)26-21-12-14-22(15-13-21)27-23(24)20-10-8-19(9-11-20)18(4)25-16-6-2/h8-15,17-18H,5-7,16H2,1-4H3. The zero-order valence-electron chi connectivity index (χ0n) is 16.7. The smallest absolute Gasteiger partial charge is 0.343 e. The SMILES string of the molecule is CCCOC(C)c1ccc(C(=O)Oc2ccc(OC(C)CCC)cc2)cc1. The topological polar surface area (TPSA) is 44.8 Å². The molecule has 4 heteroatoms. The van der Waals surface area contributed by atoms with Gasteiger partial charge in [-0.15, -0.1) is 0 Å². The first-order chi connectivity index (χ1) is 13.0. The second-order valence-electron chi connectivity index (χ2n) is 6.71. The van der Waals surface area contributed by atoms with Crippen LogP contribution in [0.1, 0.15) is 69.0 Å². The van der Waals surface area contributed by atoms with Crippen LogP contribution < -0.4 is 9.47 Å². The van der Waals surface area contributed by atoms with E-state index >= 15 is 0 Å². The number of carbonyl (C=O) groups is 1. The van der Waals surface area contributed by atoms with Crippen molar-refractivity contribution in [2.75, 3.05) is 6.61 Å². The van der Waals surface area contributed by atoms with E-state index in [2.05, 4.69) is 20.8 Å². The van der Waals surface area contributed by atoms with Gasteiger partial charge in [-0.2, -0.15) is 0 Å². The fourth-order valence-electron chi connectivity index (χ4n) is 2.73. The molecule has 0 aromatic heterocycles. The van der Waals surface area contributed by atoms with Crippen molar-refractivity contribution in [3.8, 4) is 11.5 Å². The van der Waals surface area contributed by atoms with E-state index in [9.17, 15) is 4.79 Å². The largest absolute Gasteiger partial charge is 0.491 e. The van der Waals surface area contributed by atoms with Gasteiger partial charge in [0.1, 0.15) is 11.5 Å². The fourth-order valence-corrected chi connectivity index (χ4v) is 2.73. The first-order valence-electron chi connectivity index (χ1n) is 9.74. The number of hydrogen-bond donors (Lipinski definition) is 0. The van der Waals surface area contributed by atoms with Gasteiger partial charge in [-0.3, -0.25) is 0 Å². The third kappa shape index (κ3) is 6.72. The molecular formula is C23H30O4. The molecule has 0 radical (unpaired) electrons. The highest BCUT2D eigenvalue weighted by atomic mass is 16.5. The van der Waals surface area contributed by atoms with Crippen LogP contribution in [0, 0.1) is 0 Å². The van der Waals surface area contributed by atoms with Gasteiger partial charge in [0.25, 0.3) is 0 Å². The first kappa shape index (κ1) is 21.0. The quantitative estimate of drug-likeness (QED) is 0.382. The Labute approximate surface area is 162 Å². The minimum absolute atomic E-state index is 0.0117. The summed E-state index contributed by atoms with van der Waals surface area (Å²) < 4.78 is 17.0. The Morgan fingerprint density at radius 1 is 0.889 bits per heavy atom. The number of ether oxygens (including phenoxy) is 3. The summed E-state index contributed by atoms with van der Waals surface area (Å²) in [5.74, 6) is 0.900. The minimum Gasteiger partial charge on any atom is -0.491 e. The van der Waals surface area contributed by atoms with E-state index in [0.29, 0.717) is 11.3 Å². The van der Waals surface area contributed by atoms with Crippen molar-refractivity contribution in [3.63, 3.8) is 0 Å². The van der Waals surface area contributed by atoms with Crippen molar-refractivity contribution in [2.24, 2.45) is 0 Å². The average Bonchev–Trinajstić information content (AvgIpc) is 2.68. The van der Waals surface area contributed by atoms with Gasteiger partial charge in [0.05, 0.1) is 17.8 Å². The van der Waals surface area contributed by atoms with Gasteiger partial charge >= 0.3 is 5.97 Å². The van der Waals surface area contributed by atoms with Crippen LogP contribution in [0.4, 0.5) is 0 Å². The summed E-state index contributed by atoms with van der Waals surface area (Å²) in [6.07, 6.45) is 3.26. The molecule has 0 saturated heterocycles. The molecule has 0 N–H and O–H groups in total. The summed E-state index contributed by atoms with van der Waals surface area (Å²) >= 11 is 0. The second-order valence-corrected chi connectivity index (χ2v) is 6.71. The number of rotatable bonds is 10. The Bertz CT molecular complexity index is 691. The third-order valence-electron chi connectivity index (χ3n) is 4.25. The lowest BCUT2D eigenvalue weighted by Crippen LogP contribution is -2.11. The Hall–Kier alpha value is -2.33. The normalized spacial score (nSPS) is 13.0. The molecule has 0 spiro atoms. The fraction of sp³-hybridized carbons (Fsp3) is 0.435. The molecule has 0 aliphatic heterocycles. The van der Waals surface area contributed by atoms with Crippen LogP contribution in [0.5, 0.6) is 11.5 Å². The molecule has 2 atom stereocenters. The Kier molecular flexibility index (Phi) is 8.34. The molecule has 0 heterocycles. The van der Waals surface area contributed by atoms with Crippen molar-refractivity contribution in [3.05, 3.63) is 59.7 Å². The lowest BCUT2D eigenvalue weighted by molar-refractivity contribution is 0.0660. The molecule has 0 aliphatic carbocycles. The van der Waals surface area contributed by atoms with Crippen molar-refractivity contribution >= 4 is 5.97 Å². The summed E-state index contributed by atoms with van der Waals surface area (Å²) in [4.78, 5) is 12.3. The maximum atomic E-state index is 12.3. The van der Waals surface area contributed by atoms with Crippen molar-refractivity contribution < 1.29 is 19.0 Å². The van der Waals surface area contributed by atoms with Crippen LogP contribution in [-0.4, -0.2) is 18.7 Å². The first-order valence-corrected chi connectivity index (χ1v) is 9.74. The lowest BCUT2D eigenvalue weighted by atomic mass is 10.1. The molecule has 0 amide bonds. The van der Waals surface area contributed by atoms with E-state index in [4.69, 9.17) is 14.2 Å². The van der Waals surface area contributed by atoms with Crippen molar-refractivity contribution in [1.29, 1.82) is 0 Å². The summed E-state index contributed by atoms with van der Waals surface area (Å²) in [5.41, 5.74) is 1.56. The highest BCUT2D eigenvalue weighted by molar-refractivity contribution is 5.91. The predicted molar refractivity (Wildman–Crippen MR) is 107 cm³/mol. The maximum absolute atomic E-state index is 12.3. The van der Waals surface area contributed by atoms with Crippen LogP contribution >= 0.6 is 0 Å².